The maximum atomic E-state index is 12.7. The van der Waals surface area contributed by atoms with Crippen LogP contribution >= 0.6 is 11.3 Å². The molecule has 1 amide bonds. The molecule has 3 aromatic rings. The summed E-state index contributed by atoms with van der Waals surface area (Å²) in [4.78, 5) is 22.3. The third kappa shape index (κ3) is 6.20. The predicted molar refractivity (Wildman–Crippen MR) is 130 cm³/mol. The largest absolute Gasteiger partial charge is 0.493 e. The Hall–Kier alpha value is -4.35. The highest BCUT2D eigenvalue weighted by Gasteiger charge is 2.28. The summed E-state index contributed by atoms with van der Waals surface area (Å²) in [5, 5.41) is 32.0. The molecule has 14 heteroatoms. The lowest BCUT2D eigenvalue weighted by molar-refractivity contribution is -0.387. The first-order chi connectivity index (χ1) is 17.2. The maximum absolute atomic E-state index is 12.7. The van der Waals surface area contributed by atoms with Gasteiger partial charge in [-0.1, -0.05) is 36.5 Å². The van der Waals surface area contributed by atoms with Gasteiger partial charge in [-0.05, 0) is 36.3 Å². The number of methoxy groups -OCH3 is 1. The minimum absolute atomic E-state index is 0.0445. The van der Waals surface area contributed by atoms with Gasteiger partial charge in [0.25, 0.3) is 11.6 Å². The molecule has 0 atom stereocenters. The lowest BCUT2D eigenvalue weighted by atomic mass is 10.1. The fraction of sp³-hybridized carbons (Fsp3) is 0.182. The van der Waals surface area contributed by atoms with Crippen molar-refractivity contribution in [2.24, 2.45) is 0 Å². The highest BCUT2D eigenvalue weighted by Crippen LogP contribution is 2.33. The van der Waals surface area contributed by atoms with Crippen molar-refractivity contribution in [2.75, 3.05) is 12.4 Å². The van der Waals surface area contributed by atoms with Gasteiger partial charge in [0.05, 0.1) is 12.0 Å². The number of nitro benzene ring substituents is 1. The van der Waals surface area contributed by atoms with Crippen LogP contribution in [0.2, 0.25) is 0 Å². The normalized spacial score (nSPS) is 11.4. The summed E-state index contributed by atoms with van der Waals surface area (Å²) < 4.78 is 35.7. The molecule has 0 radical (unpaired) electrons. The molecule has 0 aliphatic rings. The van der Waals surface area contributed by atoms with Crippen molar-refractivity contribution in [3.05, 3.63) is 68.7 Å². The van der Waals surface area contributed by atoms with E-state index >= 15 is 0 Å². The van der Waals surface area contributed by atoms with Gasteiger partial charge in [0.2, 0.25) is 5.13 Å². The average Bonchev–Trinajstić information content (AvgIpc) is 3.29. The van der Waals surface area contributed by atoms with E-state index in [9.17, 15) is 28.6 Å². The van der Waals surface area contributed by atoms with E-state index in [2.05, 4.69) is 15.5 Å². The van der Waals surface area contributed by atoms with E-state index in [0.717, 1.165) is 30.0 Å². The van der Waals surface area contributed by atoms with Crippen LogP contribution in [0, 0.1) is 21.4 Å². The quantitative estimate of drug-likeness (QED) is 0.134. The van der Waals surface area contributed by atoms with E-state index in [1.165, 1.54) is 54.9 Å². The first kappa shape index (κ1) is 26.3. The van der Waals surface area contributed by atoms with Crippen LogP contribution < -0.4 is 14.2 Å². The van der Waals surface area contributed by atoms with Gasteiger partial charge in [-0.2, -0.15) is 13.7 Å². The zero-order valence-corrected chi connectivity index (χ0v) is 20.6. The molecule has 36 heavy (non-hydrogen) atoms. The van der Waals surface area contributed by atoms with Crippen molar-refractivity contribution in [1.82, 2.24) is 10.2 Å². The van der Waals surface area contributed by atoms with E-state index in [0.29, 0.717) is 5.56 Å². The monoisotopic (exact) mass is 529 g/mol. The number of carbonyl (C=O) groups excluding carboxylic acids is 1. The maximum Gasteiger partial charge on any atom is 0.346 e. The molecule has 1 aromatic heterocycles. The Balaban J connectivity index is 1.85. The Kier molecular flexibility index (Phi) is 8.30. The summed E-state index contributed by atoms with van der Waals surface area (Å²) in [5.74, 6) is -0.986. The molecule has 0 unspecified atom stereocenters. The van der Waals surface area contributed by atoms with Crippen molar-refractivity contribution in [3.8, 4) is 17.6 Å². The molecule has 0 aliphatic carbocycles. The number of aryl methyl sites for hydroxylation is 1. The number of nitriles is 1. The van der Waals surface area contributed by atoms with Crippen molar-refractivity contribution >= 4 is 44.3 Å². The average molecular weight is 530 g/mol. The van der Waals surface area contributed by atoms with Crippen LogP contribution in [0.3, 0.4) is 0 Å². The standard InChI is InChI=1S/C22H19N5O7S2/c1-3-6-20-25-26-22(35-20)24-21(28)15(13-23)11-14-9-10-17(18(12-14)33-2)34-36(31,32)19-8-5-4-7-16(19)27(29)30/h4-5,7-12H,3,6H2,1-2H3,(H,24,26,28). The fourth-order valence-electron chi connectivity index (χ4n) is 2.92. The number of hydrogen-bond acceptors (Lipinski definition) is 11. The van der Waals surface area contributed by atoms with Crippen molar-refractivity contribution in [2.45, 2.75) is 24.7 Å². The van der Waals surface area contributed by atoms with Crippen LogP contribution in [0.1, 0.15) is 23.9 Å². The summed E-state index contributed by atoms with van der Waals surface area (Å²) in [6.07, 6.45) is 2.86. The summed E-state index contributed by atoms with van der Waals surface area (Å²) in [7, 11) is -3.32. The molecule has 12 nitrogen and oxygen atoms in total. The summed E-state index contributed by atoms with van der Waals surface area (Å²) in [5.41, 5.74) is -0.554. The Bertz CT molecular complexity index is 1480. The minimum Gasteiger partial charge on any atom is -0.493 e. The summed E-state index contributed by atoms with van der Waals surface area (Å²) in [6.45, 7) is 1.99. The number of amides is 1. The van der Waals surface area contributed by atoms with Crippen LogP contribution in [-0.4, -0.2) is 36.6 Å². The van der Waals surface area contributed by atoms with Crippen molar-refractivity contribution < 1.29 is 27.1 Å². The van der Waals surface area contributed by atoms with Gasteiger partial charge >= 0.3 is 10.1 Å². The third-order valence-electron chi connectivity index (χ3n) is 4.55. The van der Waals surface area contributed by atoms with E-state index in [1.807, 2.05) is 6.92 Å². The second kappa shape index (κ2) is 11.4. The van der Waals surface area contributed by atoms with Gasteiger partial charge in [-0.3, -0.25) is 20.2 Å². The molecule has 1 heterocycles. The Morgan fingerprint density at radius 3 is 2.67 bits per heavy atom. The smallest absolute Gasteiger partial charge is 0.346 e. The molecule has 186 valence electrons. The number of aromatic nitrogens is 2. The predicted octanol–water partition coefficient (Wildman–Crippen LogP) is 3.72. The van der Waals surface area contributed by atoms with Crippen LogP contribution in [0.25, 0.3) is 6.08 Å². The Morgan fingerprint density at radius 2 is 2.00 bits per heavy atom. The summed E-state index contributed by atoms with van der Waals surface area (Å²) in [6, 6.07) is 10.5. The zero-order valence-electron chi connectivity index (χ0n) is 19.0. The van der Waals surface area contributed by atoms with Crippen LogP contribution in [0.4, 0.5) is 10.8 Å². The molecule has 0 aliphatic heterocycles. The number of nitrogens with one attached hydrogen (secondary N) is 1. The molecule has 3 rings (SSSR count). The number of nitrogens with zero attached hydrogens (tertiary/aromatic N) is 4. The molecule has 0 saturated heterocycles. The van der Waals surface area contributed by atoms with Crippen LogP contribution in [0.15, 0.2) is 52.9 Å². The Morgan fingerprint density at radius 1 is 1.25 bits per heavy atom. The van der Waals surface area contributed by atoms with E-state index in [-0.39, 0.29) is 22.2 Å². The highest BCUT2D eigenvalue weighted by atomic mass is 32.2. The van der Waals surface area contributed by atoms with Gasteiger partial charge in [-0.15, -0.1) is 10.2 Å². The van der Waals surface area contributed by atoms with Crippen molar-refractivity contribution in [3.63, 3.8) is 0 Å². The number of rotatable bonds is 10. The number of ether oxygens (including phenoxy) is 1. The first-order valence-corrected chi connectivity index (χ1v) is 12.5. The number of nitro groups is 1. The number of para-hydroxylation sites is 1. The highest BCUT2D eigenvalue weighted by molar-refractivity contribution is 7.87. The molecular weight excluding hydrogens is 510 g/mol. The van der Waals surface area contributed by atoms with Gasteiger partial charge in [-0.25, -0.2) is 0 Å². The lowest BCUT2D eigenvalue weighted by Gasteiger charge is -2.11. The van der Waals surface area contributed by atoms with Crippen LogP contribution in [0.5, 0.6) is 11.5 Å². The van der Waals surface area contributed by atoms with Gasteiger partial charge in [0.1, 0.15) is 16.6 Å². The first-order valence-electron chi connectivity index (χ1n) is 10.3. The topological polar surface area (TPSA) is 174 Å². The summed E-state index contributed by atoms with van der Waals surface area (Å²) >= 11 is 1.21. The third-order valence-corrected chi connectivity index (χ3v) is 6.73. The molecule has 2 aromatic carbocycles. The second-order valence-electron chi connectivity index (χ2n) is 7.05. The molecule has 0 fully saturated rings. The molecule has 0 spiro atoms. The van der Waals surface area contributed by atoms with Crippen LogP contribution in [-0.2, 0) is 21.3 Å². The van der Waals surface area contributed by atoms with E-state index < -0.39 is 31.5 Å². The zero-order chi connectivity index (χ0) is 26.3. The minimum atomic E-state index is -4.58. The molecular formula is C22H19N5O7S2. The lowest BCUT2D eigenvalue weighted by Crippen LogP contribution is -2.13. The fourth-order valence-corrected chi connectivity index (χ4v) is 4.87. The SMILES string of the molecule is CCCc1nnc(NC(=O)C(C#N)=Cc2ccc(OS(=O)(=O)c3ccccc3[N+](=O)[O-])c(OC)c2)s1. The number of hydrogen-bond donors (Lipinski definition) is 1. The van der Waals surface area contributed by atoms with E-state index in [4.69, 9.17) is 8.92 Å². The van der Waals surface area contributed by atoms with Gasteiger partial charge in [0, 0.05) is 12.5 Å². The van der Waals surface area contributed by atoms with Gasteiger partial charge in [0.15, 0.2) is 16.4 Å². The molecule has 0 bridgehead atoms. The molecule has 0 saturated carbocycles. The second-order valence-corrected chi connectivity index (χ2v) is 9.62. The van der Waals surface area contributed by atoms with Crippen molar-refractivity contribution in [1.29, 1.82) is 5.26 Å². The number of carbonyl (C=O) groups is 1. The Labute approximate surface area is 210 Å². The van der Waals surface area contributed by atoms with E-state index in [1.54, 1.807) is 6.07 Å². The number of benzene rings is 2. The molecule has 1 N–H and O–H groups in total. The number of anilines is 1. The van der Waals surface area contributed by atoms with Gasteiger partial charge < -0.3 is 8.92 Å².